The van der Waals surface area contributed by atoms with E-state index in [1.165, 1.54) is 5.06 Å². The van der Waals surface area contributed by atoms with Crippen molar-refractivity contribution in [3.8, 4) is 0 Å². The number of carbonyl (C=O) groups excluding carboxylic acids is 1. The highest BCUT2D eigenvalue weighted by Gasteiger charge is 2.31. The molecule has 0 saturated carbocycles. The Morgan fingerprint density at radius 2 is 2.00 bits per heavy atom. The molecule has 0 radical (unpaired) electrons. The minimum Gasteiger partial charge on any atom is -0.303 e. The Kier molecular flexibility index (Phi) is 3.53. The van der Waals surface area contributed by atoms with Gasteiger partial charge in [0.1, 0.15) is 0 Å². The zero-order valence-electron chi connectivity index (χ0n) is 11.3. The maximum absolute atomic E-state index is 12.0. The Bertz CT molecular complexity index is 467. The van der Waals surface area contributed by atoms with Crippen molar-refractivity contribution in [1.29, 1.82) is 0 Å². The molecule has 2 aliphatic rings. The second-order valence-electron chi connectivity index (χ2n) is 5.23. The van der Waals surface area contributed by atoms with E-state index in [1.54, 1.807) is 0 Å². The van der Waals surface area contributed by atoms with Gasteiger partial charge in [0.25, 0.3) is 5.91 Å². The van der Waals surface area contributed by atoms with E-state index in [9.17, 15) is 4.79 Å². The predicted octanol–water partition coefficient (Wildman–Crippen LogP) is 1.99. The van der Waals surface area contributed by atoms with Gasteiger partial charge in [-0.15, -0.1) is 0 Å². The lowest BCUT2D eigenvalue weighted by Gasteiger charge is -2.32. The Morgan fingerprint density at radius 1 is 1.26 bits per heavy atom. The van der Waals surface area contributed by atoms with E-state index in [0.29, 0.717) is 6.42 Å². The van der Waals surface area contributed by atoms with Crippen LogP contribution in [0.15, 0.2) is 24.3 Å². The number of hydrogen-bond donors (Lipinski definition) is 0. The minimum atomic E-state index is 0.0547. The first-order valence-corrected chi connectivity index (χ1v) is 7.08. The lowest BCUT2D eigenvalue weighted by Crippen LogP contribution is -2.41. The molecule has 0 unspecified atom stereocenters. The maximum Gasteiger partial charge on any atom is 0.255 e. The summed E-state index contributed by atoms with van der Waals surface area (Å²) in [6.45, 7) is 5.40. The molecule has 1 amide bonds. The number of carbonyl (C=O) groups is 1. The van der Waals surface area contributed by atoms with Crippen LogP contribution in [-0.4, -0.2) is 36.5 Å². The fourth-order valence-electron chi connectivity index (χ4n) is 2.82. The number of benzene rings is 1. The molecule has 0 bridgehead atoms. The van der Waals surface area contributed by atoms with E-state index in [-0.39, 0.29) is 12.0 Å². The van der Waals surface area contributed by atoms with Crippen LogP contribution in [0.1, 0.15) is 25.3 Å². The second kappa shape index (κ2) is 5.31. The first-order valence-electron chi connectivity index (χ1n) is 7.08. The number of hydroxylamine groups is 1. The van der Waals surface area contributed by atoms with Crippen molar-refractivity contribution in [2.45, 2.75) is 32.3 Å². The van der Waals surface area contributed by atoms with Crippen molar-refractivity contribution in [3.05, 3.63) is 29.8 Å². The third-order valence-electron chi connectivity index (χ3n) is 4.01. The summed E-state index contributed by atoms with van der Waals surface area (Å²) >= 11 is 0. The largest absolute Gasteiger partial charge is 0.303 e. The number of rotatable bonds is 3. The molecule has 2 aliphatic heterocycles. The number of anilines is 1. The predicted molar refractivity (Wildman–Crippen MR) is 73.9 cm³/mol. The van der Waals surface area contributed by atoms with Gasteiger partial charge >= 0.3 is 0 Å². The summed E-state index contributed by atoms with van der Waals surface area (Å²) in [6, 6.07) is 7.88. The first-order chi connectivity index (χ1) is 9.28. The van der Waals surface area contributed by atoms with E-state index >= 15 is 0 Å². The monoisotopic (exact) mass is 260 g/mol. The van der Waals surface area contributed by atoms with Gasteiger partial charge in [-0.3, -0.25) is 9.63 Å². The summed E-state index contributed by atoms with van der Waals surface area (Å²) in [4.78, 5) is 20.4. The third kappa shape index (κ3) is 2.51. The molecule has 1 fully saturated rings. The van der Waals surface area contributed by atoms with Gasteiger partial charge in [-0.2, -0.15) is 5.06 Å². The van der Waals surface area contributed by atoms with Crippen molar-refractivity contribution in [2.75, 3.05) is 24.7 Å². The molecule has 0 N–H and O–H groups in total. The molecule has 0 spiro atoms. The Balaban J connectivity index is 1.66. The molecular weight excluding hydrogens is 240 g/mol. The number of amides is 1. The Hall–Kier alpha value is -1.39. The smallest absolute Gasteiger partial charge is 0.255 e. The molecule has 0 aliphatic carbocycles. The molecule has 2 heterocycles. The van der Waals surface area contributed by atoms with Gasteiger partial charge in [0.15, 0.2) is 0 Å². The number of hydrogen-bond acceptors (Lipinski definition) is 3. The fraction of sp³-hybridized carbons (Fsp3) is 0.533. The van der Waals surface area contributed by atoms with Crippen molar-refractivity contribution in [2.24, 2.45) is 0 Å². The molecule has 4 nitrogen and oxygen atoms in total. The van der Waals surface area contributed by atoms with E-state index in [0.717, 1.165) is 43.7 Å². The molecule has 1 saturated heterocycles. The quantitative estimate of drug-likeness (QED) is 0.833. The topological polar surface area (TPSA) is 32.8 Å². The molecule has 3 rings (SSSR count). The van der Waals surface area contributed by atoms with E-state index in [2.05, 4.69) is 11.8 Å². The zero-order chi connectivity index (χ0) is 13.2. The second-order valence-corrected chi connectivity index (χ2v) is 5.23. The van der Waals surface area contributed by atoms with Gasteiger partial charge < -0.3 is 4.90 Å². The maximum atomic E-state index is 12.0. The van der Waals surface area contributed by atoms with Crippen molar-refractivity contribution >= 4 is 11.6 Å². The van der Waals surface area contributed by atoms with Crippen molar-refractivity contribution in [3.63, 3.8) is 0 Å². The third-order valence-corrected chi connectivity index (χ3v) is 4.01. The highest BCUT2D eigenvalue weighted by molar-refractivity contribution is 5.99. The normalized spacial score (nSPS) is 20.9. The van der Waals surface area contributed by atoms with Crippen molar-refractivity contribution < 1.29 is 9.63 Å². The van der Waals surface area contributed by atoms with Gasteiger partial charge in [0.05, 0.1) is 18.2 Å². The van der Waals surface area contributed by atoms with Crippen LogP contribution in [-0.2, 0) is 16.1 Å². The van der Waals surface area contributed by atoms with Crippen LogP contribution in [0, 0.1) is 0 Å². The molecule has 1 aromatic rings. The molecule has 0 atom stereocenters. The van der Waals surface area contributed by atoms with Crippen LogP contribution in [0.3, 0.4) is 0 Å². The van der Waals surface area contributed by atoms with Crippen LogP contribution >= 0.6 is 0 Å². The van der Waals surface area contributed by atoms with E-state index in [1.807, 2.05) is 24.3 Å². The summed E-state index contributed by atoms with van der Waals surface area (Å²) in [6.07, 6.45) is 2.63. The number of fused-ring (bicyclic) bond motifs is 1. The summed E-state index contributed by atoms with van der Waals surface area (Å²) in [5.41, 5.74) is 1.99. The molecule has 19 heavy (non-hydrogen) atoms. The SMILES string of the molecule is CCN1CCC(ON2C(=O)Cc3ccccc32)CC1. The lowest BCUT2D eigenvalue weighted by molar-refractivity contribution is -0.128. The minimum absolute atomic E-state index is 0.0547. The van der Waals surface area contributed by atoms with Crippen LogP contribution < -0.4 is 5.06 Å². The Morgan fingerprint density at radius 3 is 2.74 bits per heavy atom. The lowest BCUT2D eigenvalue weighted by atomic mass is 10.1. The van der Waals surface area contributed by atoms with E-state index < -0.39 is 0 Å². The fourth-order valence-corrected chi connectivity index (χ4v) is 2.82. The molecule has 102 valence electrons. The summed E-state index contributed by atoms with van der Waals surface area (Å²) in [5, 5.41) is 1.52. The van der Waals surface area contributed by atoms with Crippen LogP contribution in [0.5, 0.6) is 0 Å². The van der Waals surface area contributed by atoms with Gasteiger partial charge in [-0.1, -0.05) is 25.1 Å². The summed E-state index contributed by atoms with van der Waals surface area (Å²) < 4.78 is 0. The van der Waals surface area contributed by atoms with Gasteiger partial charge in [-0.05, 0) is 31.0 Å². The summed E-state index contributed by atoms with van der Waals surface area (Å²) in [7, 11) is 0. The number of nitrogens with zero attached hydrogens (tertiary/aromatic N) is 2. The molecule has 0 aromatic heterocycles. The number of para-hydroxylation sites is 1. The van der Waals surface area contributed by atoms with Gasteiger partial charge in [0, 0.05) is 13.1 Å². The van der Waals surface area contributed by atoms with Crippen molar-refractivity contribution in [1.82, 2.24) is 4.90 Å². The summed E-state index contributed by atoms with van der Waals surface area (Å²) in [5.74, 6) is 0.0547. The average molecular weight is 260 g/mol. The van der Waals surface area contributed by atoms with Crippen LogP contribution in [0.2, 0.25) is 0 Å². The highest BCUT2D eigenvalue weighted by Crippen LogP contribution is 2.30. The first kappa shape index (κ1) is 12.6. The average Bonchev–Trinajstić information content (AvgIpc) is 2.76. The molecular formula is C15H20N2O2. The standard InChI is InChI=1S/C15H20N2O2/c1-2-16-9-7-13(8-10-16)19-17-14-6-4-3-5-12(14)11-15(17)18/h3-6,13H,2,7-11H2,1H3. The van der Waals surface area contributed by atoms with Gasteiger partial charge in [-0.25, -0.2) is 0 Å². The van der Waals surface area contributed by atoms with Crippen LogP contribution in [0.25, 0.3) is 0 Å². The molecule has 4 heteroatoms. The van der Waals surface area contributed by atoms with Gasteiger partial charge in [0.2, 0.25) is 0 Å². The Labute approximate surface area is 113 Å². The number of piperidine rings is 1. The zero-order valence-corrected chi connectivity index (χ0v) is 11.3. The number of likely N-dealkylation sites (tertiary alicyclic amines) is 1. The van der Waals surface area contributed by atoms with E-state index in [4.69, 9.17) is 4.84 Å². The molecule has 1 aromatic carbocycles. The van der Waals surface area contributed by atoms with Crippen LogP contribution in [0.4, 0.5) is 5.69 Å². The highest BCUT2D eigenvalue weighted by atomic mass is 16.7.